The summed E-state index contributed by atoms with van der Waals surface area (Å²) >= 11 is 0. The van der Waals surface area contributed by atoms with Crippen LogP contribution in [-0.2, 0) is 12.4 Å². The number of aromatic nitrogens is 3. The van der Waals surface area contributed by atoms with Crippen molar-refractivity contribution in [1.29, 1.82) is 0 Å². The molecular weight excluding hydrogens is 510 g/mol. The summed E-state index contributed by atoms with van der Waals surface area (Å²) in [5.41, 5.74) is -2.61. The van der Waals surface area contributed by atoms with Crippen molar-refractivity contribution >= 4 is 22.8 Å². The van der Waals surface area contributed by atoms with Crippen LogP contribution in [0.25, 0.3) is 22.2 Å². The van der Waals surface area contributed by atoms with Gasteiger partial charge in [0.1, 0.15) is 5.82 Å². The third kappa shape index (κ3) is 4.65. The fourth-order valence-electron chi connectivity index (χ4n) is 4.34. The number of pyridine rings is 1. The van der Waals surface area contributed by atoms with Crippen LogP contribution in [0.1, 0.15) is 11.1 Å². The van der Waals surface area contributed by atoms with Crippen LogP contribution in [0, 0.1) is 11.6 Å². The average molecular weight is 527 g/mol. The lowest BCUT2D eigenvalue weighted by atomic mass is 10.00. The molecule has 0 bridgehead atoms. The summed E-state index contributed by atoms with van der Waals surface area (Å²) in [7, 11) is 0. The van der Waals surface area contributed by atoms with Crippen LogP contribution in [-0.4, -0.2) is 41.1 Å². The molecule has 5 rings (SSSR count). The van der Waals surface area contributed by atoms with Gasteiger partial charge in [0.25, 0.3) is 0 Å². The van der Waals surface area contributed by atoms with E-state index >= 15 is 0 Å². The number of anilines is 2. The zero-order valence-corrected chi connectivity index (χ0v) is 18.8. The molecular formula is C24H17F8N5. The minimum absolute atomic E-state index is 0.000914. The SMILES string of the molecule is Fc1cccc(-c2cc(C(F)(F)F)cc3[nH]c(N4CCN(c5ncccc5C(F)(F)F)CC4)nc23)c1F. The van der Waals surface area contributed by atoms with Gasteiger partial charge < -0.3 is 14.8 Å². The van der Waals surface area contributed by atoms with E-state index in [9.17, 15) is 35.1 Å². The maximum atomic E-state index is 14.5. The molecule has 1 N–H and O–H groups in total. The number of imidazole rings is 1. The van der Waals surface area contributed by atoms with E-state index in [0.717, 1.165) is 24.3 Å². The van der Waals surface area contributed by atoms with Gasteiger partial charge in [-0.3, -0.25) is 0 Å². The number of nitrogens with one attached hydrogen (secondary N) is 1. The molecule has 194 valence electrons. The van der Waals surface area contributed by atoms with Gasteiger partial charge in [-0.25, -0.2) is 18.7 Å². The van der Waals surface area contributed by atoms with Gasteiger partial charge in [-0.15, -0.1) is 0 Å². The Morgan fingerprint density at radius 1 is 0.784 bits per heavy atom. The monoisotopic (exact) mass is 527 g/mol. The first kappa shape index (κ1) is 24.8. The Morgan fingerprint density at radius 3 is 2.16 bits per heavy atom. The number of hydrogen-bond donors (Lipinski definition) is 1. The van der Waals surface area contributed by atoms with Crippen LogP contribution in [0.15, 0.2) is 48.7 Å². The number of rotatable bonds is 3. The van der Waals surface area contributed by atoms with E-state index in [-0.39, 0.29) is 60.1 Å². The predicted molar refractivity (Wildman–Crippen MR) is 120 cm³/mol. The molecule has 3 heterocycles. The standard InChI is InChI=1S/C24H17F8N5/c25-17-5-1-3-14(19(17)26)15-11-13(23(27,28)29)12-18-20(15)35-22(34-18)37-9-7-36(8-10-37)21-16(24(30,31)32)4-2-6-33-21/h1-6,11-12H,7-10H2,(H,34,35). The van der Waals surface area contributed by atoms with E-state index in [0.29, 0.717) is 6.07 Å². The molecule has 0 unspecified atom stereocenters. The van der Waals surface area contributed by atoms with Crippen molar-refractivity contribution in [2.45, 2.75) is 12.4 Å². The van der Waals surface area contributed by atoms with Gasteiger partial charge in [0.15, 0.2) is 11.6 Å². The van der Waals surface area contributed by atoms with Crippen molar-refractivity contribution in [1.82, 2.24) is 15.0 Å². The van der Waals surface area contributed by atoms with Crippen LogP contribution in [0.5, 0.6) is 0 Å². The molecule has 0 amide bonds. The van der Waals surface area contributed by atoms with E-state index in [1.165, 1.54) is 23.2 Å². The summed E-state index contributed by atoms with van der Waals surface area (Å²) in [5.74, 6) is -2.58. The Hall–Kier alpha value is -3.90. The fraction of sp³-hybridized carbons (Fsp3) is 0.250. The largest absolute Gasteiger partial charge is 0.419 e. The highest BCUT2D eigenvalue weighted by molar-refractivity contribution is 5.94. The van der Waals surface area contributed by atoms with Crippen molar-refractivity contribution in [2.75, 3.05) is 36.0 Å². The van der Waals surface area contributed by atoms with Gasteiger partial charge in [-0.1, -0.05) is 12.1 Å². The van der Waals surface area contributed by atoms with Crippen LogP contribution in [0.3, 0.4) is 0 Å². The van der Waals surface area contributed by atoms with Crippen LogP contribution in [0.4, 0.5) is 46.9 Å². The maximum Gasteiger partial charge on any atom is 0.419 e. The van der Waals surface area contributed by atoms with E-state index < -0.39 is 35.1 Å². The second-order valence-corrected chi connectivity index (χ2v) is 8.43. The maximum absolute atomic E-state index is 14.5. The molecule has 0 aliphatic carbocycles. The molecule has 0 saturated carbocycles. The van der Waals surface area contributed by atoms with Crippen LogP contribution < -0.4 is 9.80 Å². The minimum Gasteiger partial charge on any atom is -0.353 e. The summed E-state index contributed by atoms with van der Waals surface area (Å²) in [5, 5.41) is 0. The number of nitrogens with zero attached hydrogens (tertiary/aromatic N) is 4. The Kier molecular flexibility index (Phi) is 5.95. The fourth-order valence-corrected chi connectivity index (χ4v) is 4.34. The third-order valence-electron chi connectivity index (χ3n) is 6.11. The normalized spacial score (nSPS) is 15.0. The summed E-state index contributed by atoms with van der Waals surface area (Å²) in [6, 6.07) is 6.87. The number of benzene rings is 2. The third-order valence-corrected chi connectivity index (χ3v) is 6.11. The Balaban J connectivity index is 1.49. The van der Waals surface area contributed by atoms with E-state index in [4.69, 9.17) is 0 Å². The highest BCUT2D eigenvalue weighted by Crippen LogP contribution is 2.39. The molecule has 0 spiro atoms. The molecule has 13 heteroatoms. The van der Waals surface area contributed by atoms with Crippen molar-refractivity contribution in [3.8, 4) is 11.1 Å². The Labute approximate surface area is 204 Å². The number of piperazine rings is 1. The second-order valence-electron chi connectivity index (χ2n) is 8.43. The minimum atomic E-state index is -4.76. The molecule has 5 nitrogen and oxygen atoms in total. The molecule has 0 radical (unpaired) electrons. The van der Waals surface area contributed by atoms with Crippen molar-refractivity contribution in [3.05, 3.63) is 71.4 Å². The highest BCUT2D eigenvalue weighted by atomic mass is 19.4. The molecule has 2 aromatic heterocycles. The first-order valence-corrected chi connectivity index (χ1v) is 11.0. The lowest BCUT2D eigenvalue weighted by molar-refractivity contribution is -0.138. The van der Waals surface area contributed by atoms with Gasteiger partial charge >= 0.3 is 12.4 Å². The molecule has 4 aromatic rings. The molecule has 1 aliphatic heterocycles. The van der Waals surface area contributed by atoms with E-state index in [1.807, 2.05) is 0 Å². The van der Waals surface area contributed by atoms with Gasteiger partial charge in [-0.2, -0.15) is 26.3 Å². The quantitative estimate of drug-likeness (QED) is 0.319. The summed E-state index contributed by atoms with van der Waals surface area (Å²) in [6.45, 7) is 0.638. The Morgan fingerprint density at radius 2 is 1.49 bits per heavy atom. The number of aromatic amines is 1. The molecule has 0 atom stereocenters. The van der Waals surface area contributed by atoms with Crippen molar-refractivity contribution in [2.24, 2.45) is 0 Å². The van der Waals surface area contributed by atoms with Crippen molar-refractivity contribution in [3.63, 3.8) is 0 Å². The van der Waals surface area contributed by atoms with Crippen molar-refractivity contribution < 1.29 is 35.1 Å². The average Bonchev–Trinajstić information content (AvgIpc) is 3.29. The van der Waals surface area contributed by atoms with Gasteiger partial charge in [0.2, 0.25) is 5.95 Å². The number of halogens is 8. The molecule has 1 fully saturated rings. The highest BCUT2D eigenvalue weighted by Gasteiger charge is 2.37. The molecule has 1 saturated heterocycles. The predicted octanol–water partition coefficient (Wildman–Crippen LogP) is 6.27. The zero-order valence-electron chi connectivity index (χ0n) is 18.8. The van der Waals surface area contributed by atoms with E-state index in [2.05, 4.69) is 15.0 Å². The van der Waals surface area contributed by atoms with Gasteiger partial charge in [0.05, 0.1) is 22.2 Å². The lowest BCUT2D eigenvalue weighted by Gasteiger charge is -2.36. The lowest BCUT2D eigenvalue weighted by Crippen LogP contribution is -2.47. The molecule has 37 heavy (non-hydrogen) atoms. The smallest absolute Gasteiger partial charge is 0.353 e. The van der Waals surface area contributed by atoms with Crippen LogP contribution in [0.2, 0.25) is 0 Å². The summed E-state index contributed by atoms with van der Waals surface area (Å²) < 4.78 is 109. The number of H-pyrrole nitrogens is 1. The first-order chi connectivity index (χ1) is 17.4. The molecule has 2 aromatic carbocycles. The number of alkyl halides is 6. The van der Waals surface area contributed by atoms with Crippen LogP contribution >= 0.6 is 0 Å². The Bertz CT molecular complexity index is 1450. The number of hydrogen-bond acceptors (Lipinski definition) is 4. The van der Waals surface area contributed by atoms with Gasteiger partial charge in [-0.05, 0) is 30.3 Å². The first-order valence-electron chi connectivity index (χ1n) is 11.0. The second kappa shape index (κ2) is 8.89. The molecule has 1 aliphatic rings. The summed E-state index contributed by atoms with van der Waals surface area (Å²) in [4.78, 5) is 14.2. The van der Waals surface area contributed by atoms with E-state index in [1.54, 1.807) is 4.90 Å². The summed E-state index contributed by atoms with van der Waals surface area (Å²) in [6.07, 6.45) is -8.08. The topological polar surface area (TPSA) is 48.1 Å². The zero-order chi connectivity index (χ0) is 26.5. The van der Waals surface area contributed by atoms with Gasteiger partial charge in [0, 0.05) is 43.5 Å². The number of fused-ring (bicyclic) bond motifs is 1.